The lowest BCUT2D eigenvalue weighted by atomic mass is 10.1. The normalized spacial score (nSPS) is 23.0. The predicted octanol–water partition coefficient (Wildman–Crippen LogP) is 2.50. The van der Waals surface area contributed by atoms with E-state index in [0.29, 0.717) is 5.69 Å². The predicted molar refractivity (Wildman–Crippen MR) is 65.4 cm³/mol. The lowest BCUT2D eigenvalue weighted by Gasteiger charge is -2.14. The van der Waals surface area contributed by atoms with Gasteiger partial charge in [-0.2, -0.15) is 0 Å². The van der Waals surface area contributed by atoms with E-state index in [0.717, 1.165) is 19.3 Å². The van der Waals surface area contributed by atoms with Crippen LogP contribution < -0.4 is 5.32 Å². The summed E-state index contributed by atoms with van der Waals surface area (Å²) in [4.78, 5) is 10.7. The number of carbonyl (C=O) groups is 1. The van der Waals surface area contributed by atoms with Gasteiger partial charge in [0.2, 0.25) is 0 Å². The summed E-state index contributed by atoms with van der Waals surface area (Å²) in [5.74, 6) is -1.96. The van der Waals surface area contributed by atoms with Crippen molar-refractivity contribution in [1.82, 2.24) is 0 Å². The second kappa shape index (κ2) is 5.35. The van der Waals surface area contributed by atoms with Gasteiger partial charge in [-0.05, 0) is 37.5 Å². The molecular weight excluding hydrogens is 237 g/mol. The molecule has 1 aromatic rings. The second-order valence-electron chi connectivity index (χ2n) is 4.51. The van der Waals surface area contributed by atoms with Crippen molar-refractivity contribution in [2.24, 2.45) is 0 Å². The van der Waals surface area contributed by atoms with Crippen LogP contribution in [0.1, 0.15) is 29.6 Å². The average Bonchev–Trinajstić information content (AvgIpc) is 2.76. The van der Waals surface area contributed by atoms with Crippen LogP contribution in [0.4, 0.5) is 10.1 Å². The largest absolute Gasteiger partial charge is 0.478 e. The van der Waals surface area contributed by atoms with Crippen molar-refractivity contribution < 1.29 is 19.0 Å². The number of methoxy groups -OCH3 is 1. The number of carboxylic acids is 1. The first-order valence-electron chi connectivity index (χ1n) is 5.92. The smallest absolute Gasteiger partial charge is 0.338 e. The molecule has 0 radical (unpaired) electrons. The number of benzene rings is 1. The van der Waals surface area contributed by atoms with Gasteiger partial charge in [0.25, 0.3) is 0 Å². The van der Waals surface area contributed by atoms with E-state index in [1.54, 1.807) is 13.2 Å². The summed E-state index contributed by atoms with van der Waals surface area (Å²) in [7, 11) is 1.69. The topological polar surface area (TPSA) is 58.6 Å². The average molecular weight is 253 g/mol. The fourth-order valence-electron chi connectivity index (χ4n) is 2.30. The molecule has 0 saturated heterocycles. The molecular formula is C13H16FNO3. The third-order valence-electron chi connectivity index (χ3n) is 3.29. The molecule has 1 fully saturated rings. The molecule has 1 aliphatic rings. The van der Waals surface area contributed by atoms with Crippen LogP contribution in [0, 0.1) is 5.82 Å². The van der Waals surface area contributed by atoms with Crippen LogP contribution in [-0.4, -0.2) is 30.3 Å². The summed E-state index contributed by atoms with van der Waals surface area (Å²) in [6, 6.07) is 4.35. The van der Waals surface area contributed by atoms with Crippen LogP contribution >= 0.6 is 0 Å². The van der Waals surface area contributed by atoms with Crippen molar-refractivity contribution in [2.75, 3.05) is 12.4 Å². The van der Waals surface area contributed by atoms with Gasteiger partial charge >= 0.3 is 5.97 Å². The van der Waals surface area contributed by atoms with Gasteiger partial charge in [0.05, 0.1) is 11.7 Å². The number of rotatable bonds is 4. The molecule has 4 nitrogen and oxygen atoms in total. The molecule has 0 aliphatic heterocycles. The van der Waals surface area contributed by atoms with Crippen molar-refractivity contribution in [2.45, 2.75) is 31.4 Å². The zero-order valence-corrected chi connectivity index (χ0v) is 10.1. The van der Waals surface area contributed by atoms with E-state index in [1.165, 1.54) is 12.1 Å². The molecule has 2 N–H and O–H groups in total. The molecule has 98 valence electrons. The molecule has 18 heavy (non-hydrogen) atoms. The Balaban J connectivity index is 2.02. The monoisotopic (exact) mass is 253 g/mol. The molecule has 0 heterocycles. The zero-order chi connectivity index (χ0) is 13.1. The number of halogens is 1. The minimum Gasteiger partial charge on any atom is -0.478 e. The number of carboxylic acid groups (broad SMARTS) is 1. The number of ether oxygens (including phenoxy) is 1. The van der Waals surface area contributed by atoms with Crippen molar-refractivity contribution in [3.63, 3.8) is 0 Å². The number of nitrogens with one attached hydrogen (secondary N) is 1. The number of anilines is 1. The Kier molecular flexibility index (Phi) is 3.81. The minimum atomic E-state index is -1.25. The molecule has 1 saturated carbocycles. The van der Waals surface area contributed by atoms with E-state index in [9.17, 15) is 9.18 Å². The molecule has 2 unspecified atom stereocenters. The van der Waals surface area contributed by atoms with Crippen molar-refractivity contribution >= 4 is 11.7 Å². The van der Waals surface area contributed by atoms with E-state index < -0.39 is 11.8 Å². The molecule has 0 spiro atoms. The summed E-state index contributed by atoms with van der Waals surface area (Å²) >= 11 is 0. The lowest BCUT2D eigenvalue weighted by Crippen LogP contribution is -2.17. The number of aromatic carboxylic acids is 1. The highest BCUT2D eigenvalue weighted by atomic mass is 19.1. The van der Waals surface area contributed by atoms with Gasteiger partial charge in [0.15, 0.2) is 0 Å². The Morgan fingerprint density at radius 2 is 2.28 bits per heavy atom. The SMILES string of the molecule is COC1CCC(Nc2ccc(C(=O)O)c(F)c2)C1. The van der Waals surface area contributed by atoms with E-state index in [2.05, 4.69) is 5.32 Å². The van der Waals surface area contributed by atoms with Gasteiger partial charge in [0, 0.05) is 18.8 Å². The Morgan fingerprint density at radius 3 is 2.83 bits per heavy atom. The standard InChI is InChI=1S/C13H16FNO3/c1-18-10-4-2-8(6-10)15-9-3-5-11(13(16)17)12(14)7-9/h3,5,7-8,10,15H,2,4,6H2,1H3,(H,16,17). The first-order chi connectivity index (χ1) is 8.60. The van der Waals surface area contributed by atoms with E-state index in [1.807, 2.05) is 0 Å². The zero-order valence-electron chi connectivity index (χ0n) is 10.1. The third-order valence-corrected chi connectivity index (χ3v) is 3.29. The molecule has 1 aromatic carbocycles. The maximum atomic E-state index is 13.5. The summed E-state index contributed by atoms with van der Waals surface area (Å²) in [5, 5.41) is 11.9. The molecule has 0 bridgehead atoms. The van der Waals surface area contributed by atoms with Crippen LogP contribution in [0.2, 0.25) is 0 Å². The summed E-state index contributed by atoms with van der Waals surface area (Å²) < 4.78 is 18.7. The fraction of sp³-hybridized carbons (Fsp3) is 0.462. The van der Waals surface area contributed by atoms with Crippen molar-refractivity contribution in [1.29, 1.82) is 0 Å². The van der Waals surface area contributed by atoms with Gasteiger partial charge in [-0.15, -0.1) is 0 Å². The van der Waals surface area contributed by atoms with Gasteiger partial charge in [-0.25, -0.2) is 9.18 Å². The van der Waals surface area contributed by atoms with E-state index >= 15 is 0 Å². The fourth-order valence-corrected chi connectivity index (χ4v) is 2.30. The third kappa shape index (κ3) is 2.79. The van der Waals surface area contributed by atoms with E-state index in [4.69, 9.17) is 9.84 Å². The Labute approximate surface area is 105 Å². The van der Waals surface area contributed by atoms with Crippen LogP contribution in [0.25, 0.3) is 0 Å². The highest BCUT2D eigenvalue weighted by molar-refractivity contribution is 5.88. The molecule has 0 amide bonds. The van der Waals surface area contributed by atoms with E-state index in [-0.39, 0.29) is 17.7 Å². The van der Waals surface area contributed by atoms with Crippen LogP contribution in [0.15, 0.2) is 18.2 Å². The van der Waals surface area contributed by atoms with Crippen LogP contribution in [-0.2, 0) is 4.74 Å². The molecule has 2 atom stereocenters. The summed E-state index contributed by atoms with van der Waals surface area (Å²) in [6.45, 7) is 0. The Morgan fingerprint density at radius 1 is 1.50 bits per heavy atom. The second-order valence-corrected chi connectivity index (χ2v) is 4.51. The lowest BCUT2D eigenvalue weighted by molar-refractivity contribution is 0.0692. The van der Waals surface area contributed by atoms with Crippen LogP contribution in [0.3, 0.4) is 0 Å². The quantitative estimate of drug-likeness (QED) is 0.865. The van der Waals surface area contributed by atoms with Gasteiger partial charge in [-0.1, -0.05) is 0 Å². The maximum absolute atomic E-state index is 13.5. The first kappa shape index (κ1) is 12.8. The van der Waals surface area contributed by atoms with Crippen molar-refractivity contribution in [3.8, 4) is 0 Å². The number of hydrogen-bond acceptors (Lipinski definition) is 3. The van der Waals surface area contributed by atoms with Gasteiger partial charge < -0.3 is 15.2 Å². The molecule has 1 aliphatic carbocycles. The highest BCUT2D eigenvalue weighted by Gasteiger charge is 2.24. The molecule has 5 heteroatoms. The Bertz CT molecular complexity index is 450. The first-order valence-corrected chi connectivity index (χ1v) is 5.92. The van der Waals surface area contributed by atoms with Gasteiger partial charge in [0.1, 0.15) is 5.82 Å². The molecule has 0 aromatic heterocycles. The summed E-state index contributed by atoms with van der Waals surface area (Å²) in [5.41, 5.74) is 0.306. The minimum absolute atomic E-state index is 0.255. The number of hydrogen-bond donors (Lipinski definition) is 2. The van der Waals surface area contributed by atoms with Crippen LogP contribution in [0.5, 0.6) is 0 Å². The molecule has 2 rings (SSSR count). The Hall–Kier alpha value is -1.62. The summed E-state index contributed by atoms with van der Waals surface area (Å²) in [6.07, 6.45) is 3.11. The maximum Gasteiger partial charge on any atom is 0.338 e. The van der Waals surface area contributed by atoms with Gasteiger partial charge in [-0.3, -0.25) is 0 Å². The highest BCUT2D eigenvalue weighted by Crippen LogP contribution is 2.25. The van der Waals surface area contributed by atoms with Crippen molar-refractivity contribution in [3.05, 3.63) is 29.6 Å².